The van der Waals surface area contributed by atoms with Crippen molar-refractivity contribution in [2.24, 2.45) is 0 Å². The highest BCUT2D eigenvalue weighted by atomic mass is 32.2. The second-order valence-corrected chi connectivity index (χ2v) is 6.39. The van der Waals surface area contributed by atoms with Crippen LogP contribution in [0, 0.1) is 5.82 Å². The van der Waals surface area contributed by atoms with Gasteiger partial charge in [-0.15, -0.1) is 0 Å². The number of hydrogen-bond acceptors (Lipinski definition) is 4. The average Bonchev–Trinajstić information content (AvgIpc) is 2.39. The monoisotopic (exact) mass is 287 g/mol. The van der Waals surface area contributed by atoms with Crippen molar-refractivity contribution < 1.29 is 12.8 Å². The molecule has 5 nitrogen and oxygen atoms in total. The van der Waals surface area contributed by atoms with Crippen LogP contribution in [0.2, 0.25) is 0 Å². The number of sulfonamides is 1. The first-order valence-corrected chi connectivity index (χ1v) is 7.85. The summed E-state index contributed by atoms with van der Waals surface area (Å²) in [4.78, 5) is 3.60. The number of piperidine rings is 1. The molecule has 1 aromatic heterocycles. The molecule has 0 amide bonds. The first-order valence-electron chi connectivity index (χ1n) is 6.37. The van der Waals surface area contributed by atoms with Crippen LogP contribution < -0.4 is 10.0 Å². The lowest BCUT2D eigenvalue weighted by Crippen LogP contribution is -2.50. The van der Waals surface area contributed by atoms with Crippen molar-refractivity contribution in [3.63, 3.8) is 0 Å². The Morgan fingerprint density at radius 1 is 1.53 bits per heavy atom. The molecule has 19 heavy (non-hydrogen) atoms. The molecule has 1 fully saturated rings. The minimum Gasteiger partial charge on any atom is -0.312 e. The summed E-state index contributed by atoms with van der Waals surface area (Å²) in [6.45, 7) is 2.66. The van der Waals surface area contributed by atoms with Gasteiger partial charge in [0.25, 0.3) is 10.0 Å². The van der Waals surface area contributed by atoms with Crippen LogP contribution in [-0.2, 0) is 10.0 Å². The highest BCUT2D eigenvalue weighted by Gasteiger charge is 2.27. The molecule has 0 aromatic carbocycles. The zero-order valence-corrected chi connectivity index (χ0v) is 11.6. The number of halogens is 1. The summed E-state index contributed by atoms with van der Waals surface area (Å²) in [7, 11) is -3.92. The highest BCUT2D eigenvalue weighted by molar-refractivity contribution is 7.89. The van der Waals surface area contributed by atoms with Crippen LogP contribution in [0.5, 0.6) is 0 Å². The van der Waals surface area contributed by atoms with Crippen LogP contribution in [0.15, 0.2) is 23.4 Å². The van der Waals surface area contributed by atoms with Crippen molar-refractivity contribution in [2.75, 3.05) is 6.54 Å². The fourth-order valence-electron chi connectivity index (χ4n) is 2.26. The Morgan fingerprint density at radius 3 is 2.95 bits per heavy atom. The average molecular weight is 287 g/mol. The van der Waals surface area contributed by atoms with Crippen LogP contribution in [0.1, 0.15) is 26.2 Å². The standard InChI is InChI=1S/C12H18FN3O2S/c1-9(11-6-2-3-7-14-11)16-19(17,18)12-10(13)5-4-8-15-12/h4-5,8-9,11,14,16H,2-3,6-7H2,1H3. The number of hydrogen-bond donors (Lipinski definition) is 2. The summed E-state index contributed by atoms with van der Waals surface area (Å²) in [6, 6.07) is 2.23. The van der Waals surface area contributed by atoms with E-state index in [0.29, 0.717) is 0 Å². The van der Waals surface area contributed by atoms with Gasteiger partial charge in [-0.05, 0) is 38.4 Å². The summed E-state index contributed by atoms with van der Waals surface area (Å²) < 4.78 is 40.1. The molecule has 2 heterocycles. The zero-order valence-electron chi connectivity index (χ0n) is 10.8. The van der Waals surface area contributed by atoms with E-state index in [1.807, 2.05) is 0 Å². The van der Waals surface area contributed by atoms with Crippen LogP contribution >= 0.6 is 0 Å². The van der Waals surface area contributed by atoms with Gasteiger partial charge in [-0.2, -0.15) is 0 Å². The van der Waals surface area contributed by atoms with Crippen molar-refractivity contribution in [1.82, 2.24) is 15.0 Å². The van der Waals surface area contributed by atoms with Gasteiger partial charge < -0.3 is 5.32 Å². The quantitative estimate of drug-likeness (QED) is 0.867. The Balaban J connectivity index is 2.11. The van der Waals surface area contributed by atoms with Crippen molar-refractivity contribution in [1.29, 1.82) is 0 Å². The van der Waals surface area contributed by atoms with E-state index in [0.717, 1.165) is 31.9 Å². The van der Waals surface area contributed by atoms with E-state index in [1.165, 1.54) is 12.3 Å². The second kappa shape index (κ2) is 5.94. The summed E-state index contributed by atoms with van der Waals surface area (Å²) in [5.74, 6) is -0.834. The van der Waals surface area contributed by atoms with Gasteiger partial charge in [-0.25, -0.2) is 22.5 Å². The van der Waals surface area contributed by atoms with Crippen molar-refractivity contribution in [2.45, 2.75) is 43.3 Å². The fraction of sp³-hybridized carbons (Fsp3) is 0.583. The van der Waals surface area contributed by atoms with E-state index >= 15 is 0 Å². The Morgan fingerprint density at radius 2 is 2.32 bits per heavy atom. The van der Waals surface area contributed by atoms with E-state index in [2.05, 4.69) is 15.0 Å². The van der Waals surface area contributed by atoms with Crippen LogP contribution in [0.3, 0.4) is 0 Å². The van der Waals surface area contributed by atoms with E-state index in [9.17, 15) is 12.8 Å². The molecule has 0 radical (unpaired) electrons. The first kappa shape index (κ1) is 14.4. The molecule has 2 rings (SSSR count). The third-order valence-corrected chi connectivity index (χ3v) is 4.76. The SMILES string of the molecule is CC(NS(=O)(=O)c1ncccc1F)C1CCCCN1. The Hall–Kier alpha value is -1.05. The summed E-state index contributed by atoms with van der Waals surface area (Å²) >= 11 is 0. The van der Waals surface area contributed by atoms with E-state index in [1.54, 1.807) is 6.92 Å². The minimum atomic E-state index is -3.92. The molecular formula is C12H18FN3O2S. The van der Waals surface area contributed by atoms with Crippen molar-refractivity contribution in [3.8, 4) is 0 Å². The molecule has 0 saturated carbocycles. The molecule has 1 aliphatic rings. The second-order valence-electron chi connectivity index (χ2n) is 4.76. The maximum Gasteiger partial charge on any atom is 0.261 e. The van der Waals surface area contributed by atoms with Gasteiger partial charge in [0, 0.05) is 18.3 Å². The third kappa shape index (κ3) is 3.49. The van der Waals surface area contributed by atoms with E-state index in [4.69, 9.17) is 0 Å². The van der Waals surface area contributed by atoms with Crippen molar-refractivity contribution in [3.05, 3.63) is 24.1 Å². The van der Waals surface area contributed by atoms with Gasteiger partial charge in [-0.3, -0.25) is 0 Å². The molecule has 0 aliphatic carbocycles. The zero-order chi connectivity index (χ0) is 13.9. The summed E-state index contributed by atoms with van der Waals surface area (Å²) in [6.07, 6.45) is 4.35. The van der Waals surface area contributed by atoms with Gasteiger partial charge in [0.15, 0.2) is 5.82 Å². The number of nitrogens with zero attached hydrogens (tertiary/aromatic N) is 1. The molecule has 0 bridgehead atoms. The van der Waals surface area contributed by atoms with Crippen LogP contribution in [0.25, 0.3) is 0 Å². The van der Waals surface area contributed by atoms with Gasteiger partial charge >= 0.3 is 0 Å². The Labute approximate surface area is 112 Å². The maximum absolute atomic E-state index is 13.5. The molecule has 106 valence electrons. The normalized spacial score (nSPS) is 22.1. The van der Waals surface area contributed by atoms with Crippen LogP contribution in [-0.4, -0.2) is 32.0 Å². The minimum absolute atomic E-state index is 0.0790. The number of pyridine rings is 1. The molecule has 1 saturated heterocycles. The molecule has 1 aromatic rings. The molecule has 2 atom stereocenters. The topological polar surface area (TPSA) is 71.1 Å². The molecule has 1 aliphatic heterocycles. The van der Waals surface area contributed by atoms with Gasteiger partial charge in [0.2, 0.25) is 5.03 Å². The van der Waals surface area contributed by atoms with Gasteiger partial charge in [-0.1, -0.05) is 6.42 Å². The molecule has 7 heteroatoms. The van der Waals surface area contributed by atoms with Crippen LogP contribution in [0.4, 0.5) is 4.39 Å². The molecular weight excluding hydrogens is 269 g/mol. The van der Waals surface area contributed by atoms with Gasteiger partial charge in [0.05, 0.1) is 0 Å². The van der Waals surface area contributed by atoms with E-state index < -0.39 is 20.9 Å². The lowest BCUT2D eigenvalue weighted by atomic mass is 10.00. The Bertz CT molecular complexity index is 530. The number of aromatic nitrogens is 1. The predicted molar refractivity (Wildman–Crippen MR) is 69.6 cm³/mol. The lowest BCUT2D eigenvalue weighted by Gasteiger charge is -2.29. The Kier molecular flexibility index (Phi) is 4.49. The summed E-state index contributed by atoms with van der Waals surface area (Å²) in [5.41, 5.74) is 0. The molecule has 2 N–H and O–H groups in total. The maximum atomic E-state index is 13.5. The smallest absolute Gasteiger partial charge is 0.261 e. The number of rotatable bonds is 4. The third-order valence-electron chi connectivity index (χ3n) is 3.27. The highest BCUT2D eigenvalue weighted by Crippen LogP contribution is 2.14. The fourth-order valence-corrected chi connectivity index (χ4v) is 3.55. The first-order chi connectivity index (χ1) is 9.00. The molecule has 0 spiro atoms. The van der Waals surface area contributed by atoms with Crippen molar-refractivity contribution >= 4 is 10.0 Å². The van der Waals surface area contributed by atoms with Gasteiger partial charge in [0.1, 0.15) is 0 Å². The molecule has 2 unspecified atom stereocenters. The predicted octanol–water partition coefficient (Wildman–Crippen LogP) is 1.03. The number of nitrogens with one attached hydrogen (secondary N) is 2. The summed E-state index contributed by atoms with van der Waals surface area (Å²) in [5, 5.41) is 2.72. The van der Waals surface area contributed by atoms with E-state index in [-0.39, 0.29) is 12.1 Å². The lowest BCUT2D eigenvalue weighted by molar-refractivity contribution is 0.346. The largest absolute Gasteiger partial charge is 0.312 e.